The number of oxazole rings is 1. The minimum atomic E-state index is -0.0430. The predicted molar refractivity (Wildman–Crippen MR) is 119 cm³/mol. The van der Waals surface area contributed by atoms with Crippen LogP contribution in [-0.4, -0.2) is 38.3 Å². The first kappa shape index (κ1) is 19.8. The zero-order valence-electron chi connectivity index (χ0n) is 17.3. The molecule has 1 aliphatic heterocycles. The lowest BCUT2D eigenvalue weighted by Crippen LogP contribution is -2.39. The molecule has 1 atom stereocenters. The molecule has 6 nitrogen and oxygen atoms in total. The summed E-state index contributed by atoms with van der Waals surface area (Å²) in [6, 6.07) is 11.7. The Labute approximate surface area is 185 Å². The molecule has 1 aromatic carbocycles. The molecule has 31 heavy (non-hydrogen) atoms. The molecule has 7 heteroatoms. The number of halogens is 1. The zero-order chi connectivity index (χ0) is 21.4. The van der Waals surface area contributed by atoms with E-state index in [9.17, 15) is 4.79 Å². The molecular weight excluding hydrogens is 412 g/mol. The summed E-state index contributed by atoms with van der Waals surface area (Å²) in [5.41, 5.74) is 3.42. The molecule has 1 amide bonds. The number of nitrogens with zero attached hydrogens (tertiary/aromatic N) is 4. The van der Waals surface area contributed by atoms with Crippen LogP contribution in [0, 0.1) is 6.92 Å². The molecule has 0 spiro atoms. The number of benzene rings is 1. The summed E-state index contributed by atoms with van der Waals surface area (Å²) >= 11 is 6.08. The summed E-state index contributed by atoms with van der Waals surface area (Å²) in [7, 11) is 0. The lowest BCUT2D eigenvalue weighted by atomic mass is 9.98. The maximum absolute atomic E-state index is 13.1. The van der Waals surface area contributed by atoms with Crippen molar-refractivity contribution in [2.75, 3.05) is 13.1 Å². The Morgan fingerprint density at radius 1 is 1.29 bits per heavy atom. The van der Waals surface area contributed by atoms with E-state index in [1.54, 1.807) is 6.20 Å². The van der Waals surface area contributed by atoms with Gasteiger partial charge in [-0.25, -0.2) is 9.97 Å². The van der Waals surface area contributed by atoms with E-state index < -0.39 is 0 Å². The summed E-state index contributed by atoms with van der Waals surface area (Å²) in [4.78, 5) is 24.1. The fourth-order valence-corrected chi connectivity index (χ4v) is 4.44. The molecule has 158 valence electrons. The van der Waals surface area contributed by atoms with Crippen LogP contribution in [0.5, 0.6) is 0 Å². The molecule has 1 aliphatic rings. The highest BCUT2D eigenvalue weighted by Gasteiger charge is 2.29. The molecule has 0 saturated carbocycles. The summed E-state index contributed by atoms with van der Waals surface area (Å²) in [6.45, 7) is 3.30. The number of carbonyl (C=O) groups is 1. The Bertz CT molecular complexity index is 1250. The van der Waals surface area contributed by atoms with Crippen molar-refractivity contribution >= 4 is 23.2 Å². The normalized spacial score (nSPS) is 16.7. The highest BCUT2D eigenvalue weighted by atomic mass is 35.5. The van der Waals surface area contributed by atoms with Gasteiger partial charge < -0.3 is 13.7 Å². The van der Waals surface area contributed by atoms with Gasteiger partial charge in [0.05, 0.1) is 12.1 Å². The molecule has 3 aromatic heterocycles. The Kier molecular flexibility index (Phi) is 5.24. The highest BCUT2D eigenvalue weighted by Crippen LogP contribution is 2.28. The van der Waals surface area contributed by atoms with Crippen LogP contribution in [-0.2, 0) is 6.42 Å². The number of amides is 1. The molecule has 0 radical (unpaired) electrons. The fraction of sp³-hybridized carbons (Fsp3) is 0.292. The highest BCUT2D eigenvalue weighted by molar-refractivity contribution is 6.30. The van der Waals surface area contributed by atoms with Crippen LogP contribution in [0.1, 0.15) is 52.0 Å². The number of imidazole rings is 1. The van der Waals surface area contributed by atoms with Gasteiger partial charge in [-0.2, -0.15) is 0 Å². The van der Waals surface area contributed by atoms with Crippen molar-refractivity contribution in [2.24, 2.45) is 0 Å². The largest absolute Gasteiger partial charge is 0.445 e. The summed E-state index contributed by atoms with van der Waals surface area (Å²) in [5, 5.41) is 0.709. The van der Waals surface area contributed by atoms with Gasteiger partial charge in [0.15, 0.2) is 5.89 Å². The van der Waals surface area contributed by atoms with Crippen molar-refractivity contribution in [3.05, 3.63) is 88.5 Å². The SMILES string of the molecule is Cc1cccn2cc(C(=O)N3CCCC(c4ncc(Cc5cccc(Cl)c5)o4)C3)nc12. The molecule has 1 saturated heterocycles. The van der Waals surface area contributed by atoms with Gasteiger partial charge in [-0.1, -0.05) is 29.8 Å². The summed E-state index contributed by atoms with van der Waals surface area (Å²) in [5.74, 6) is 1.54. The van der Waals surface area contributed by atoms with Gasteiger partial charge in [0.2, 0.25) is 0 Å². The summed E-state index contributed by atoms with van der Waals surface area (Å²) < 4.78 is 7.96. The molecule has 4 heterocycles. The number of carbonyl (C=O) groups excluding carboxylic acids is 1. The summed E-state index contributed by atoms with van der Waals surface area (Å²) in [6.07, 6.45) is 8.01. The minimum absolute atomic E-state index is 0.0430. The number of piperidine rings is 1. The number of likely N-dealkylation sites (tertiary alicyclic amines) is 1. The van der Waals surface area contributed by atoms with Gasteiger partial charge in [0.25, 0.3) is 5.91 Å². The van der Waals surface area contributed by atoms with Crippen molar-refractivity contribution in [3.63, 3.8) is 0 Å². The Hall–Kier alpha value is -3.12. The van der Waals surface area contributed by atoms with Gasteiger partial charge >= 0.3 is 0 Å². The Morgan fingerprint density at radius 2 is 2.19 bits per heavy atom. The van der Waals surface area contributed by atoms with Gasteiger partial charge in [0.1, 0.15) is 17.1 Å². The van der Waals surface area contributed by atoms with E-state index in [0.29, 0.717) is 29.6 Å². The van der Waals surface area contributed by atoms with Crippen molar-refractivity contribution in [1.29, 1.82) is 0 Å². The average molecular weight is 435 g/mol. The van der Waals surface area contributed by atoms with Crippen LogP contribution in [0.2, 0.25) is 5.02 Å². The maximum Gasteiger partial charge on any atom is 0.274 e. The van der Waals surface area contributed by atoms with E-state index in [1.807, 2.05) is 65.0 Å². The fourth-order valence-electron chi connectivity index (χ4n) is 4.22. The molecule has 5 rings (SSSR count). The molecule has 0 aliphatic carbocycles. The second-order valence-electron chi connectivity index (χ2n) is 8.11. The van der Waals surface area contributed by atoms with Gasteiger partial charge in [-0.05, 0) is 49.1 Å². The van der Waals surface area contributed by atoms with E-state index in [2.05, 4.69) is 9.97 Å². The van der Waals surface area contributed by atoms with Gasteiger partial charge in [0, 0.05) is 36.9 Å². The average Bonchev–Trinajstić information content (AvgIpc) is 3.41. The number of aryl methyl sites for hydroxylation is 1. The minimum Gasteiger partial charge on any atom is -0.445 e. The smallest absolute Gasteiger partial charge is 0.274 e. The molecule has 0 bridgehead atoms. The molecule has 1 unspecified atom stereocenters. The van der Waals surface area contributed by atoms with Gasteiger partial charge in [-0.3, -0.25) is 4.79 Å². The number of hydrogen-bond acceptors (Lipinski definition) is 4. The van der Waals surface area contributed by atoms with Crippen LogP contribution in [0.25, 0.3) is 5.65 Å². The first-order valence-corrected chi connectivity index (χ1v) is 10.9. The second kappa shape index (κ2) is 8.19. The van der Waals surface area contributed by atoms with Crippen LogP contribution < -0.4 is 0 Å². The standard InChI is InChI=1S/C24H23ClN4O2/c1-16-5-3-9-28-15-21(27-22(16)28)24(30)29-10-4-7-18(14-29)23-26-13-20(31-23)12-17-6-2-8-19(25)11-17/h2-3,5-6,8-9,11,13,15,18H,4,7,10,12,14H2,1H3. The lowest BCUT2D eigenvalue weighted by Gasteiger charge is -2.30. The zero-order valence-corrected chi connectivity index (χ0v) is 18.0. The number of hydrogen-bond donors (Lipinski definition) is 0. The number of fused-ring (bicyclic) bond motifs is 1. The van der Waals surface area contributed by atoms with Crippen molar-refractivity contribution < 1.29 is 9.21 Å². The van der Waals surface area contributed by atoms with E-state index in [0.717, 1.165) is 41.9 Å². The van der Waals surface area contributed by atoms with Crippen LogP contribution in [0.15, 0.2) is 59.4 Å². The first-order chi connectivity index (χ1) is 15.1. The molecule has 4 aromatic rings. The predicted octanol–water partition coefficient (Wildman–Crippen LogP) is 4.89. The van der Waals surface area contributed by atoms with Crippen LogP contribution in [0.4, 0.5) is 0 Å². The third-order valence-corrected chi connectivity index (χ3v) is 6.03. The van der Waals surface area contributed by atoms with Crippen LogP contribution in [0.3, 0.4) is 0 Å². The monoisotopic (exact) mass is 434 g/mol. The molecular formula is C24H23ClN4O2. The van der Waals surface area contributed by atoms with Crippen molar-refractivity contribution in [2.45, 2.75) is 32.1 Å². The first-order valence-electron chi connectivity index (χ1n) is 10.5. The third-order valence-electron chi connectivity index (χ3n) is 5.79. The van der Waals surface area contributed by atoms with E-state index in [4.69, 9.17) is 16.0 Å². The van der Waals surface area contributed by atoms with E-state index >= 15 is 0 Å². The number of aromatic nitrogens is 3. The van der Waals surface area contributed by atoms with Crippen molar-refractivity contribution in [1.82, 2.24) is 19.3 Å². The topological polar surface area (TPSA) is 63.6 Å². The lowest BCUT2D eigenvalue weighted by molar-refractivity contribution is 0.0692. The number of rotatable bonds is 4. The van der Waals surface area contributed by atoms with E-state index in [-0.39, 0.29) is 11.8 Å². The Balaban J connectivity index is 1.30. The maximum atomic E-state index is 13.1. The Morgan fingerprint density at radius 3 is 3.03 bits per heavy atom. The molecule has 1 fully saturated rings. The van der Waals surface area contributed by atoms with Crippen LogP contribution >= 0.6 is 11.6 Å². The molecule has 0 N–H and O–H groups in total. The third kappa shape index (κ3) is 4.08. The van der Waals surface area contributed by atoms with Crippen molar-refractivity contribution in [3.8, 4) is 0 Å². The van der Waals surface area contributed by atoms with E-state index in [1.165, 1.54) is 0 Å². The quantitative estimate of drug-likeness (QED) is 0.458. The van der Waals surface area contributed by atoms with Gasteiger partial charge in [-0.15, -0.1) is 0 Å². The second-order valence-corrected chi connectivity index (χ2v) is 8.55. The number of pyridine rings is 1.